The summed E-state index contributed by atoms with van der Waals surface area (Å²) in [6.07, 6.45) is 1.02. The van der Waals surface area contributed by atoms with Gasteiger partial charge in [-0.15, -0.1) is 0 Å². The van der Waals surface area contributed by atoms with Crippen LogP contribution in [0.2, 0.25) is 0 Å². The molecular weight excluding hydrogens is 334 g/mol. The average molecular weight is 361 g/mol. The Morgan fingerprint density at radius 3 is 2.59 bits per heavy atom. The van der Waals surface area contributed by atoms with Gasteiger partial charge >= 0.3 is 0 Å². The van der Waals surface area contributed by atoms with Gasteiger partial charge in [0.15, 0.2) is 0 Å². The number of hydrogen-bond acceptors (Lipinski definition) is 3. The van der Waals surface area contributed by atoms with E-state index in [0.29, 0.717) is 5.92 Å². The first kappa shape index (κ1) is 17.8. The third kappa shape index (κ3) is 4.22. The number of nitrogens with one attached hydrogen (secondary N) is 1. The molecule has 4 nitrogen and oxygen atoms in total. The van der Waals surface area contributed by atoms with E-state index in [1.807, 2.05) is 12.1 Å². The largest absolute Gasteiger partial charge is 0.493 e. The highest BCUT2D eigenvalue weighted by molar-refractivity contribution is 5.65. The molecule has 2 aromatic carbocycles. The molecule has 1 N–H and O–H groups in total. The Morgan fingerprint density at radius 1 is 1.07 bits per heavy atom. The molecule has 0 spiro atoms. The van der Waals surface area contributed by atoms with Crippen molar-refractivity contribution in [3.63, 3.8) is 0 Å². The van der Waals surface area contributed by atoms with Crippen molar-refractivity contribution in [2.75, 3.05) is 13.2 Å². The van der Waals surface area contributed by atoms with E-state index in [4.69, 9.17) is 4.74 Å². The number of rotatable bonds is 6. The van der Waals surface area contributed by atoms with Crippen molar-refractivity contribution in [3.8, 4) is 17.0 Å². The second-order valence-electron chi connectivity index (χ2n) is 7.70. The maximum atomic E-state index is 5.80. The van der Waals surface area contributed by atoms with E-state index in [2.05, 4.69) is 71.4 Å². The summed E-state index contributed by atoms with van der Waals surface area (Å²) in [4.78, 5) is 2.50. The number of nitrogens with zero attached hydrogens (tertiary/aromatic N) is 2. The molecule has 3 aromatic rings. The van der Waals surface area contributed by atoms with Crippen molar-refractivity contribution >= 4 is 0 Å². The molecule has 1 aliphatic heterocycles. The van der Waals surface area contributed by atoms with Gasteiger partial charge < -0.3 is 4.74 Å². The number of ether oxygens (including phenoxy) is 1. The highest BCUT2D eigenvalue weighted by atomic mass is 16.5. The molecule has 4 rings (SSSR count). The van der Waals surface area contributed by atoms with Crippen LogP contribution in [0.5, 0.6) is 5.75 Å². The Hall–Kier alpha value is -2.59. The number of aromatic nitrogens is 2. The van der Waals surface area contributed by atoms with Crippen LogP contribution in [-0.4, -0.2) is 28.2 Å². The smallest absolute Gasteiger partial charge is 0.119 e. The predicted octanol–water partition coefficient (Wildman–Crippen LogP) is 4.67. The summed E-state index contributed by atoms with van der Waals surface area (Å²) in [5.41, 5.74) is 6.17. The molecule has 4 heteroatoms. The fourth-order valence-corrected chi connectivity index (χ4v) is 3.54. The lowest BCUT2D eigenvalue weighted by Crippen LogP contribution is -2.29. The van der Waals surface area contributed by atoms with Gasteiger partial charge in [0, 0.05) is 42.9 Å². The number of aromatic amines is 1. The Balaban J connectivity index is 1.49. The SMILES string of the molecule is CC(C)COc1ccc(-c2n[nH]c3c2CN(Cc2ccccc2)CC3)cc1. The zero-order chi connectivity index (χ0) is 18.6. The van der Waals surface area contributed by atoms with Crippen molar-refractivity contribution in [2.24, 2.45) is 5.92 Å². The lowest BCUT2D eigenvalue weighted by Gasteiger charge is -2.27. The van der Waals surface area contributed by atoms with Crippen LogP contribution in [0.15, 0.2) is 54.6 Å². The Bertz CT molecular complexity index is 868. The van der Waals surface area contributed by atoms with Gasteiger partial charge in [0.05, 0.1) is 12.3 Å². The van der Waals surface area contributed by atoms with E-state index in [9.17, 15) is 0 Å². The van der Waals surface area contributed by atoms with Crippen LogP contribution in [0.25, 0.3) is 11.3 Å². The molecule has 1 aromatic heterocycles. The second-order valence-corrected chi connectivity index (χ2v) is 7.70. The molecule has 0 bridgehead atoms. The molecular formula is C23H27N3O. The summed E-state index contributed by atoms with van der Waals surface area (Å²) < 4.78 is 5.80. The Morgan fingerprint density at radius 2 is 1.85 bits per heavy atom. The third-order valence-electron chi connectivity index (χ3n) is 4.97. The van der Waals surface area contributed by atoms with Gasteiger partial charge in [-0.3, -0.25) is 10.00 Å². The molecule has 1 aliphatic rings. The predicted molar refractivity (Wildman–Crippen MR) is 109 cm³/mol. The van der Waals surface area contributed by atoms with E-state index in [0.717, 1.165) is 49.7 Å². The summed E-state index contributed by atoms with van der Waals surface area (Å²) >= 11 is 0. The van der Waals surface area contributed by atoms with Crippen LogP contribution in [0.1, 0.15) is 30.7 Å². The highest BCUT2D eigenvalue weighted by Crippen LogP contribution is 2.30. The second kappa shape index (κ2) is 7.97. The van der Waals surface area contributed by atoms with E-state index < -0.39 is 0 Å². The van der Waals surface area contributed by atoms with E-state index in [1.165, 1.54) is 16.8 Å². The van der Waals surface area contributed by atoms with E-state index in [-0.39, 0.29) is 0 Å². The number of hydrogen-bond donors (Lipinski definition) is 1. The zero-order valence-corrected chi connectivity index (χ0v) is 16.1. The highest BCUT2D eigenvalue weighted by Gasteiger charge is 2.22. The quantitative estimate of drug-likeness (QED) is 0.694. The first-order valence-corrected chi connectivity index (χ1v) is 9.74. The van der Waals surface area contributed by atoms with E-state index in [1.54, 1.807) is 0 Å². The lowest BCUT2D eigenvalue weighted by molar-refractivity contribution is 0.245. The molecule has 0 unspecified atom stereocenters. The molecule has 27 heavy (non-hydrogen) atoms. The molecule has 0 radical (unpaired) electrons. The molecule has 0 fully saturated rings. The summed E-state index contributed by atoms with van der Waals surface area (Å²) in [5.74, 6) is 1.45. The van der Waals surface area contributed by atoms with Gasteiger partial charge in [-0.05, 0) is 35.7 Å². The standard InChI is InChI=1S/C23H27N3O/c1-17(2)16-27-20-10-8-19(9-11-20)23-21-15-26(13-12-22(21)24-25-23)14-18-6-4-3-5-7-18/h3-11,17H,12-16H2,1-2H3,(H,24,25). The zero-order valence-electron chi connectivity index (χ0n) is 16.1. The monoisotopic (exact) mass is 361 g/mol. The summed E-state index contributed by atoms with van der Waals surface area (Å²) in [5, 5.41) is 7.88. The molecule has 0 saturated carbocycles. The van der Waals surface area contributed by atoms with Gasteiger partial charge in [0.2, 0.25) is 0 Å². The Labute approximate surface area is 161 Å². The maximum absolute atomic E-state index is 5.80. The van der Waals surface area contributed by atoms with Gasteiger partial charge in [-0.25, -0.2) is 0 Å². The number of fused-ring (bicyclic) bond motifs is 1. The van der Waals surface area contributed by atoms with Crippen LogP contribution in [0, 0.1) is 5.92 Å². The Kier molecular flexibility index (Phi) is 5.26. The number of benzene rings is 2. The van der Waals surface area contributed by atoms with Crippen molar-refractivity contribution in [3.05, 3.63) is 71.4 Å². The lowest BCUT2D eigenvalue weighted by atomic mass is 10.0. The first-order valence-electron chi connectivity index (χ1n) is 9.74. The topological polar surface area (TPSA) is 41.1 Å². The van der Waals surface area contributed by atoms with Gasteiger partial charge in [-0.1, -0.05) is 44.2 Å². The minimum Gasteiger partial charge on any atom is -0.493 e. The molecule has 2 heterocycles. The summed E-state index contributed by atoms with van der Waals surface area (Å²) in [6.45, 7) is 8.03. The minimum atomic E-state index is 0.527. The average Bonchev–Trinajstić information content (AvgIpc) is 3.11. The molecule has 0 atom stereocenters. The minimum absolute atomic E-state index is 0.527. The van der Waals surface area contributed by atoms with Crippen LogP contribution in [0.4, 0.5) is 0 Å². The van der Waals surface area contributed by atoms with Crippen molar-refractivity contribution < 1.29 is 4.74 Å². The maximum Gasteiger partial charge on any atom is 0.119 e. The van der Waals surface area contributed by atoms with Crippen LogP contribution < -0.4 is 4.74 Å². The summed E-state index contributed by atoms with van der Waals surface area (Å²) in [6, 6.07) is 19.0. The third-order valence-corrected chi connectivity index (χ3v) is 4.97. The fourth-order valence-electron chi connectivity index (χ4n) is 3.54. The fraction of sp³-hybridized carbons (Fsp3) is 0.348. The molecule has 0 aliphatic carbocycles. The molecule has 0 amide bonds. The van der Waals surface area contributed by atoms with E-state index >= 15 is 0 Å². The van der Waals surface area contributed by atoms with Gasteiger partial charge in [0.25, 0.3) is 0 Å². The molecule has 140 valence electrons. The van der Waals surface area contributed by atoms with Crippen LogP contribution in [-0.2, 0) is 19.5 Å². The first-order chi connectivity index (χ1) is 13.2. The number of H-pyrrole nitrogens is 1. The molecule has 0 saturated heterocycles. The van der Waals surface area contributed by atoms with Crippen molar-refractivity contribution in [1.29, 1.82) is 0 Å². The normalized spacial score (nSPS) is 14.3. The summed E-state index contributed by atoms with van der Waals surface area (Å²) in [7, 11) is 0. The van der Waals surface area contributed by atoms with Crippen molar-refractivity contribution in [1.82, 2.24) is 15.1 Å². The van der Waals surface area contributed by atoms with Gasteiger partial charge in [-0.2, -0.15) is 5.10 Å². The van der Waals surface area contributed by atoms with Crippen LogP contribution in [0.3, 0.4) is 0 Å². The van der Waals surface area contributed by atoms with Crippen molar-refractivity contribution in [2.45, 2.75) is 33.4 Å². The van der Waals surface area contributed by atoms with Gasteiger partial charge in [0.1, 0.15) is 5.75 Å². The van der Waals surface area contributed by atoms with Crippen LogP contribution >= 0.6 is 0 Å².